The second kappa shape index (κ2) is 11.1. The number of nitrogens with one attached hydrogen (secondary N) is 1. The highest BCUT2D eigenvalue weighted by Crippen LogP contribution is 2.39. The number of aryl methyl sites for hydroxylation is 1. The Bertz CT molecular complexity index is 1370. The number of hydrogen-bond donors (Lipinski definition) is 1. The number of thiophene rings is 1. The molecule has 0 radical (unpaired) electrons. The highest BCUT2D eigenvalue weighted by Gasteiger charge is 2.28. The molecule has 5 rings (SSSR count). The van der Waals surface area contributed by atoms with Gasteiger partial charge in [-0.15, -0.1) is 21.5 Å². The summed E-state index contributed by atoms with van der Waals surface area (Å²) in [6.07, 6.45) is 3.10. The minimum absolute atomic E-state index is 0.137. The number of carbonyl (C=O) groups excluding carboxylic acids is 2. The van der Waals surface area contributed by atoms with Crippen molar-refractivity contribution in [2.24, 2.45) is 0 Å². The van der Waals surface area contributed by atoms with Crippen molar-refractivity contribution in [2.45, 2.75) is 37.8 Å². The monoisotopic (exact) mass is 518 g/mol. The summed E-state index contributed by atoms with van der Waals surface area (Å²) < 4.78 is 7.28. The molecule has 0 saturated heterocycles. The van der Waals surface area contributed by atoms with Crippen LogP contribution in [0.5, 0.6) is 0 Å². The number of esters is 1. The number of hydrogen-bond acceptors (Lipinski definition) is 7. The van der Waals surface area contributed by atoms with Gasteiger partial charge < -0.3 is 10.1 Å². The first-order valence-corrected chi connectivity index (χ1v) is 13.8. The number of thioether (sulfide) groups is 1. The predicted molar refractivity (Wildman–Crippen MR) is 143 cm³/mol. The van der Waals surface area contributed by atoms with Crippen LogP contribution in [0.4, 0.5) is 5.00 Å². The molecule has 1 aliphatic carbocycles. The molecule has 9 heteroatoms. The van der Waals surface area contributed by atoms with Crippen LogP contribution in [-0.2, 0) is 22.4 Å². The third kappa shape index (κ3) is 5.08. The van der Waals surface area contributed by atoms with Crippen LogP contribution in [0.25, 0.3) is 17.1 Å². The van der Waals surface area contributed by atoms with Gasteiger partial charge >= 0.3 is 5.97 Å². The van der Waals surface area contributed by atoms with Gasteiger partial charge in [-0.25, -0.2) is 4.79 Å². The molecular weight excluding hydrogens is 492 g/mol. The number of amides is 1. The largest absolute Gasteiger partial charge is 0.462 e. The Morgan fingerprint density at radius 1 is 1.06 bits per heavy atom. The Balaban J connectivity index is 1.30. The third-order valence-corrected chi connectivity index (χ3v) is 8.03. The summed E-state index contributed by atoms with van der Waals surface area (Å²) in [5.41, 5.74) is 3.50. The Kier molecular flexibility index (Phi) is 7.48. The zero-order chi connectivity index (χ0) is 24.9. The summed E-state index contributed by atoms with van der Waals surface area (Å²) in [5, 5.41) is 13.2. The third-order valence-electron chi connectivity index (χ3n) is 5.89. The van der Waals surface area contributed by atoms with Crippen LogP contribution in [0.1, 0.15) is 40.6 Å². The van der Waals surface area contributed by atoms with E-state index >= 15 is 0 Å². The Hall–Kier alpha value is -3.43. The second-order valence-corrected chi connectivity index (χ2v) is 10.4. The molecule has 2 aromatic carbocycles. The van der Waals surface area contributed by atoms with Crippen LogP contribution < -0.4 is 5.32 Å². The molecule has 0 aliphatic heterocycles. The number of fused-ring (bicyclic) bond motifs is 1. The average Bonchev–Trinajstić information content (AvgIpc) is 3.60. The molecule has 0 atom stereocenters. The van der Waals surface area contributed by atoms with Crippen molar-refractivity contribution in [3.05, 3.63) is 76.7 Å². The van der Waals surface area contributed by atoms with Gasteiger partial charge in [0.2, 0.25) is 5.91 Å². The minimum atomic E-state index is -0.356. The number of nitrogens with zero attached hydrogens (tertiary/aromatic N) is 3. The van der Waals surface area contributed by atoms with Gasteiger partial charge in [0.05, 0.1) is 12.2 Å². The molecular formula is C27H26N4O3S2. The zero-order valence-corrected chi connectivity index (χ0v) is 21.5. The van der Waals surface area contributed by atoms with E-state index < -0.39 is 0 Å². The number of carbonyl (C=O) groups is 2. The van der Waals surface area contributed by atoms with E-state index in [1.54, 1.807) is 6.92 Å². The quantitative estimate of drug-likeness (QED) is 0.223. The van der Waals surface area contributed by atoms with E-state index in [9.17, 15) is 9.59 Å². The van der Waals surface area contributed by atoms with Gasteiger partial charge in [0.1, 0.15) is 5.00 Å². The van der Waals surface area contributed by atoms with Crippen molar-refractivity contribution in [1.29, 1.82) is 0 Å². The van der Waals surface area contributed by atoms with Crippen LogP contribution >= 0.6 is 23.1 Å². The maximum atomic E-state index is 12.8. The molecule has 2 aromatic heterocycles. The maximum absolute atomic E-state index is 12.8. The number of rotatable bonds is 9. The van der Waals surface area contributed by atoms with Crippen molar-refractivity contribution in [3.63, 3.8) is 0 Å². The standard InChI is InChI=1S/C27H26N4O3S2/c1-2-34-26(33)23-20-14-9-15-21(20)36-25(23)28-22(32)16-17-35-27-30-29-24(18-10-5-3-6-11-18)31(27)19-12-7-4-8-13-19/h3-8,10-13H,2,9,14-17H2,1H3,(H,28,32). The molecule has 0 saturated carbocycles. The van der Waals surface area contributed by atoms with Gasteiger partial charge in [-0.05, 0) is 43.9 Å². The minimum Gasteiger partial charge on any atom is -0.462 e. The van der Waals surface area contributed by atoms with Crippen LogP contribution in [0.15, 0.2) is 65.8 Å². The van der Waals surface area contributed by atoms with E-state index in [0.29, 0.717) is 22.9 Å². The smallest absolute Gasteiger partial charge is 0.341 e. The predicted octanol–water partition coefficient (Wildman–Crippen LogP) is 5.78. The SMILES string of the molecule is CCOC(=O)c1c(NC(=O)CCSc2nnc(-c3ccccc3)n2-c2ccccc2)sc2c1CCC2. The topological polar surface area (TPSA) is 86.1 Å². The lowest BCUT2D eigenvalue weighted by atomic mass is 10.1. The fraction of sp³-hybridized carbons (Fsp3) is 0.259. The maximum Gasteiger partial charge on any atom is 0.341 e. The second-order valence-electron chi connectivity index (χ2n) is 8.27. The summed E-state index contributed by atoms with van der Waals surface area (Å²) in [5.74, 6) is 0.778. The fourth-order valence-electron chi connectivity index (χ4n) is 4.28. The first-order valence-electron chi connectivity index (χ1n) is 12.0. The van der Waals surface area contributed by atoms with Crippen molar-refractivity contribution in [3.8, 4) is 17.1 Å². The van der Waals surface area contributed by atoms with Crippen LogP contribution in [0, 0.1) is 0 Å². The first-order chi connectivity index (χ1) is 17.7. The molecule has 0 unspecified atom stereocenters. The van der Waals surface area contributed by atoms with Gasteiger partial charge in [-0.3, -0.25) is 9.36 Å². The lowest BCUT2D eigenvalue weighted by Crippen LogP contribution is -2.15. The molecule has 1 aliphatic rings. The zero-order valence-electron chi connectivity index (χ0n) is 19.9. The van der Waals surface area contributed by atoms with Crippen LogP contribution in [-0.4, -0.2) is 39.0 Å². The number of benzene rings is 2. The molecule has 7 nitrogen and oxygen atoms in total. The molecule has 0 bridgehead atoms. The van der Waals surface area contributed by atoms with Crippen molar-refractivity contribution < 1.29 is 14.3 Å². The van der Waals surface area contributed by atoms with Gasteiger partial charge in [-0.1, -0.05) is 60.3 Å². The highest BCUT2D eigenvalue weighted by molar-refractivity contribution is 7.99. The van der Waals surface area contributed by atoms with E-state index in [4.69, 9.17) is 4.74 Å². The molecule has 2 heterocycles. The van der Waals surface area contributed by atoms with Gasteiger partial charge in [0.25, 0.3) is 0 Å². The van der Waals surface area contributed by atoms with Crippen molar-refractivity contribution in [2.75, 3.05) is 17.7 Å². The number of aromatic nitrogens is 3. The van der Waals surface area contributed by atoms with E-state index in [2.05, 4.69) is 15.5 Å². The van der Waals surface area contributed by atoms with Crippen LogP contribution in [0.3, 0.4) is 0 Å². The van der Waals surface area contributed by atoms with Crippen LogP contribution in [0.2, 0.25) is 0 Å². The summed E-state index contributed by atoms with van der Waals surface area (Å²) >= 11 is 2.97. The molecule has 0 fully saturated rings. The lowest BCUT2D eigenvalue weighted by Gasteiger charge is -2.10. The van der Waals surface area contributed by atoms with E-state index in [1.807, 2.05) is 65.2 Å². The summed E-state index contributed by atoms with van der Waals surface area (Å²) in [7, 11) is 0. The Morgan fingerprint density at radius 3 is 2.56 bits per heavy atom. The summed E-state index contributed by atoms with van der Waals surface area (Å²) in [4.78, 5) is 26.6. The molecule has 184 valence electrons. The Morgan fingerprint density at radius 2 is 1.81 bits per heavy atom. The highest BCUT2D eigenvalue weighted by atomic mass is 32.2. The number of anilines is 1. The van der Waals surface area contributed by atoms with Crippen molar-refractivity contribution >= 4 is 40.0 Å². The van der Waals surface area contributed by atoms with E-state index in [-0.39, 0.29) is 18.3 Å². The van der Waals surface area contributed by atoms with E-state index in [1.165, 1.54) is 28.0 Å². The van der Waals surface area contributed by atoms with E-state index in [0.717, 1.165) is 47.1 Å². The summed E-state index contributed by atoms with van der Waals surface area (Å²) in [6, 6.07) is 19.9. The van der Waals surface area contributed by atoms with Crippen molar-refractivity contribution in [1.82, 2.24) is 14.8 Å². The fourth-order valence-corrected chi connectivity index (χ4v) is 6.47. The normalized spacial score (nSPS) is 12.4. The lowest BCUT2D eigenvalue weighted by molar-refractivity contribution is -0.115. The number of ether oxygens (including phenoxy) is 1. The van der Waals surface area contributed by atoms with Gasteiger partial charge in [0, 0.05) is 28.3 Å². The van der Waals surface area contributed by atoms with Gasteiger partial charge in [-0.2, -0.15) is 0 Å². The number of para-hydroxylation sites is 1. The molecule has 0 spiro atoms. The molecule has 4 aromatic rings. The van der Waals surface area contributed by atoms with Gasteiger partial charge in [0.15, 0.2) is 11.0 Å². The molecule has 36 heavy (non-hydrogen) atoms. The molecule has 1 amide bonds. The first kappa shape index (κ1) is 24.3. The average molecular weight is 519 g/mol. The molecule has 1 N–H and O–H groups in total. The summed E-state index contributed by atoms with van der Waals surface area (Å²) in [6.45, 7) is 2.10. The Labute approximate surface area is 217 Å².